The lowest BCUT2D eigenvalue weighted by atomic mass is 10.2. The summed E-state index contributed by atoms with van der Waals surface area (Å²) in [6.45, 7) is 0. The molecule has 0 fully saturated rings. The zero-order valence-corrected chi connectivity index (χ0v) is 9.00. The standard InChI is InChI=1S/C10H10N2O2S/c1-12-7-4-6(10(11)14)2-3-8(7)15-5-9(12)13/h2-4H,5H2,1H3,(H2,11,14). The van der Waals surface area contributed by atoms with Crippen LogP contribution in [-0.2, 0) is 4.79 Å². The number of benzene rings is 1. The molecule has 1 aromatic carbocycles. The predicted molar refractivity (Wildman–Crippen MR) is 59.1 cm³/mol. The van der Waals surface area contributed by atoms with Crippen molar-refractivity contribution in [3.8, 4) is 0 Å². The van der Waals surface area contributed by atoms with Crippen molar-refractivity contribution in [2.24, 2.45) is 5.73 Å². The van der Waals surface area contributed by atoms with Crippen molar-refractivity contribution in [3.63, 3.8) is 0 Å². The molecule has 5 heteroatoms. The Balaban J connectivity index is 2.50. The zero-order valence-electron chi connectivity index (χ0n) is 8.19. The van der Waals surface area contributed by atoms with E-state index in [4.69, 9.17) is 5.73 Å². The summed E-state index contributed by atoms with van der Waals surface area (Å²) in [4.78, 5) is 25.0. The van der Waals surface area contributed by atoms with Gasteiger partial charge in [-0.05, 0) is 18.2 Å². The molecule has 2 amide bonds. The number of anilines is 1. The Morgan fingerprint density at radius 1 is 1.53 bits per heavy atom. The molecular formula is C10H10N2O2S. The average Bonchev–Trinajstić information content (AvgIpc) is 2.23. The third kappa shape index (κ3) is 1.70. The molecule has 15 heavy (non-hydrogen) atoms. The van der Waals surface area contributed by atoms with Gasteiger partial charge in [0.15, 0.2) is 0 Å². The van der Waals surface area contributed by atoms with Crippen LogP contribution in [0.5, 0.6) is 0 Å². The second kappa shape index (κ2) is 3.58. The number of nitrogens with two attached hydrogens (primary N) is 1. The molecule has 0 saturated carbocycles. The molecule has 4 nitrogen and oxygen atoms in total. The van der Waals surface area contributed by atoms with Gasteiger partial charge in [0.25, 0.3) is 0 Å². The maximum atomic E-state index is 11.4. The summed E-state index contributed by atoms with van der Waals surface area (Å²) in [7, 11) is 1.70. The fourth-order valence-electron chi connectivity index (χ4n) is 1.43. The number of hydrogen-bond donors (Lipinski definition) is 1. The Morgan fingerprint density at radius 2 is 2.27 bits per heavy atom. The fraction of sp³-hybridized carbons (Fsp3) is 0.200. The van der Waals surface area contributed by atoms with E-state index in [1.54, 1.807) is 24.1 Å². The molecule has 1 aromatic rings. The molecule has 0 aromatic heterocycles. The fourth-order valence-corrected chi connectivity index (χ4v) is 2.41. The normalized spacial score (nSPS) is 15.0. The number of thioether (sulfide) groups is 1. The molecule has 0 radical (unpaired) electrons. The number of amides is 2. The topological polar surface area (TPSA) is 63.4 Å². The molecule has 78 valence electrons. The second-order valence-electron chi connectivity index (χ2n) is 3.29. The van der Waals surface area contributed by atoms with Crippen molar-refractivity contribution in [2.75, 3.05) is 17.7 Å². The first-order chi connectivity index (χ1) is 7.09. The molecule has 0 unspecified atom stereocenters. The second-order valence-corrected chi connectivity index (χ2v) is 4.31. The summed E-state index contributed by atoms with van der Waals surface area (Å²) >= 11 is 1.48. The average molecular weight is 222 g/mol. The van der Waals surface area contributed by atoms with Crippen molar-refractivity contribution < 1.29 is 9.59 Å². The minimum absolute atomic E-state index is 0.0362. The van der Waals surface area contributed by atoms with Crippen LogP contribution in [0, 0.1) is 0 Å². The van der Waals surface area contributed by atoms with Gasteiger partial charge in [0, 0.05) is 17.5 Å². The summed E-state index contributed by atoms with van der Waals surface area (Å²) in [6.07, 6.45) is 0. The van der Waals surface area contributed by atoms with Gasteiger partial charge in [0.05, 0.1) is 11.4 Å². The molecule has 1 aliphatic heterocycles. The number of carbonyl (C=O) groups excluding carboxylic acids is 2. The highest BCUT2D eigenvalue weighted by Crippen LogP contribution is 2.34. The molecule has 1 aliphatic rings. The van der Waals surface area contributed by atoms with Crippen molar-refractivity contribution >= 4 is 29.3 Å². The quantitative estimate of drug-likeness (QED) is 0.766. The van der Waals surface area contributed by atoms with Crippen LogP contribution >= 0.6 is 11.8 Å². The van der Waals surface area contributed by atoms with Crippen molar-refractivity contribution in [2.45, 2.75) is 4.90 Å². The third-order valence-corrected chi connectivity index (χ3v) is 3.38. The summed E-state index contributed by atoms with van der Waals surface area (Å²) in [6, 6.07) is 5.16. The van der Waals surface area contributed by atoms with E-state index in [-0.39, 0.29) is 5.91 Å². The van der Waals surface area contributed by atoms with Gasteiger partial charge in [0.1, 0.15) is 0 Å². The molecule has 0 aliphatic carbocycles. The van der Waals surface area contributed by atoms with Crippen LogP contribution < -0.4 is 10.6 Å². The van der Waals surface area contributed by atoms with Gasteiger partial charge in [-0.3, -0.25) is 9.59 Å². The summed E-state index contributed by atoms with van der Waals surface area (Å²) in [5, 5.41) is 0. The first-order valence-electron chi connectivity index (χ1n) is 4.43. The lowest BCUT2D eigenvalue weighted by molar-refractivity contribution is -0.116. The molecule has 0 bridgehead atoms. The van der Waals surface area contributed by atoms with Crippen LogP contribution in [0.15, 0.2) is 23.1 Å². The first kappa shape index (κ1) is 10.0. The number of primary amides is 1. The van der Waals surface area contributed by atoms with Gasteiger partial charge in [-0.2, -0.15) is 0 Å². The lowest BCUT2D eigenvalue weighted by Gasteiger charge is -2.25. The van der Waals surface area contributed by atoms with Gasteiger partial charge >= 0.3 is 0 Å². The van der Waals surface area contributed by atoms with Crippen LogP contribution in [-0.4, -0.2) is 24.6 Å². The Bertz CT molecular complexity index is 445. The predicted octanol–water partition coefficient (Wildman–Crippen LogP) is 0.854. The molecule has 0 atom stereocenters. The number of nitrogens with zero attached hydrogens (tertiary/aromatic N) is 1. The highest BCUT2D eigenvalue weighted by molar-refractivity contribution is 8.00. The van der Waals surface area contributed by atoms with Crippen LogP contribution in [0.4, 0.5) is 5.69 Å². The molecular weight excluding hydrogens is 212 g/mol. The minimum atomic E-state index is -0.478. The van der Waals surface area contributed by atoms with E-state index in [2.05, 4.69) is 0 Å². The van der Waals surface area contributed by atoms with Crippen LogP contribution in [0.25, 0.3) is 0 Å². The maximum Gasteiger partial charge on any atom is 0.248 e. The van der Waals surface area contributed by atoms with Crippen molar-refractivity contribution in [1.82, 2.24) is 0 Å². The highest BCUT2D eigenvalue weighted by Gasteiger charge is 2.21. The highest BCUT2D eigenvalue weighted by atomic mass is 32.2. The van der Waals surface area contributed by atoms with Gasteiger partial charge < -0.3 is 10.6 Å². The molecule has 0 saturated heterocycles. The zero-order chi connectivity index (χ0) is 11.0. The van der Waals surface area contributed by atoms with Gasteiger partial charge in [0.2, 0.25) is 11.8 Å². The monoisotopic (exact) mass is 222 g/mol. The van der Waals surface area contributed by atoms with Crippen LogP contribution in [0.3, 0.4) is 0 Å². The number of carbonyl (C=O) groups is 2. The Kier molecular flexibility index (Phi) is 2.40. The van der Waals surface area contributed by atoms with Crippen molar-refractivity contribution in [1.29, 1.82) is 0 Å². The van der Waals surface area contributed by atoms with Gasteiger partial charge in [-0.15, -0.1) is 11.8 Å². The largest absolute Gasteiger partial charge is 0.366 e. The van der Waals surface area contributed by atoms with E-state index in [0.717, 1.165) is 10.6 Å². The van der Waals surface area contributed by atoms with E-state index < -0.39 is 5.91 Å². The van der Waals surface area contributed by atoms with Crippen molar-refractivity contribution in [3.05, 3.63) is 23.8 Å². The first-order valence-corrected chi connectivity index (χ1v) is 5.41. The Hall–Kier alpha value is -1.49. The van der Waals surface area contributed by atoms with E-state index in [0.29, 0.717) is 11.3 Å². The smallest absolute Gasteiger partial charge is 0.248 e. The lowest BCUT2D eigenvalue weighted by Crippen LogP contribution is -2.31. The number of rotatable bonds is 1. The molecule has 1 heterocycles. The van der Waals surface area contributed by atoms with Gasteiger partial charge in [-0.25, -0.2) is 0 Å². The third-order valence-electron chi connectivity index (χ3n) is 2.33. The van der Waals surface area contributed by atoms with Crippen LogP contribution in [0.2, 0.25) is 0 Å². The minimum Gasteiger partial charge on any atom is -0.366 e. The number of fused-ring (bicyclic) bond motifs is 1. The maximum absolute atomic E-state index is 11.4. The molecule has 0 spiro atoms. The van der Waals surface area contributed by atoms with E-state index in [1.807, 2.05) is 6.07 Å². The Labute approximate surface area is 91.4 Å². The summed E-state index contributed by atoms with van der Waals surface area (Å²) < 4.78 is 0. The summed E-state index contributed by atoms with van der Waals surface area (Å²) in [5.74, 6) is 0.00252. The molecule has 2 rings (SSSR count). The molecule has 2 N–H and O–H groups in total. The van der Waals surface area contributed by atoms with E-state index >= 15 is 0 Å². The number of hydrogen-bond acceptors (Lipinski definition) is 3. The summed E-state index contributed by atoms with van der Waals surface area (Å²) in [5.41, 5.74) is 6.36. The SMILES string of the molecule is CN1C(=O)CSc2ccc(C(N)=O)cc21. The Morgan fingerprint density at radius 3 is 2.93 bits per heavy atom. The van der Waals surface area contributed by atoms with E-state index in [9.17, 15) is 9.59 Å². The van der Waals surface area contributed by atoms with Gasteiger partial charge in [-0.1, -0.05) is 0 Å². The van der Waals surface area contributed by atoms with E-state index in [1.165, 1.54) is 11.8 Å². The van der Waals surface area contributed by atoms with Crippen LogP contribution in [0.1, 0.15) is 10.4 Å².